The van der Waals surface area contributed by atoms with Gasteiger partial charge in [0, 0.05) is 16.7 Å². The highest BCUT2D eigenvalue weighted by molar-refractivity contribution is 9.10. The second-order valence-corrected chi connectivity index (χ2v) is 8.56. The summed E-state index contributed by atoms with van der Waals surface area (Å²) >= 11 is 4.66. The van der Waals surface area contributed by atoms with Gasteiger partial charge in [-0.05, 0) is 42.7 Å². The average molecular weight is 470 g/mol. The Morgan fingerprint density at radius 3 is 2.52 bits per heavy atom. The molecule has 148 valence electrons. The predicted octanol–water partition coefficient (Wildman–Crippen LogP) is 4.40. The Bertz CT molecular complexity index is 968. The van der Waals surface area contributed by atoms with Gasteiger partial charge in [0.1, 0.15) is 16.7 Å². The maximum Gasteiger partial charge on any atom is 0.264 e. The first-order valence-corrected chi connectivity index (χ1v) is 10.9. The zero-order valence-corrected chi connectivity index (χ0v) is 18.3. The summed E-state index contributed by atoms with van der Waals surface area (Å²) in [5, 5.41) is 12.6. The molecule has 2 amide bonds. The molecule has 1 N–H and O–H groups in total. The molecule has 1 aliphatic rings. The molecule has 1 fully saturated rings. The number of amides is 2. The number of nitriles is 1. The summed E-state index contributed by atoms with van der Waals surface area (Å²) in [4.78, 5) is 27.1. The van der Waals surface area contributed by atoms with Gasteiger partial charge in [0.2, 0.25) is 5.91 Å². The molecule has 0 radical (unpaired) electrons. The molecule has 0 aliphatic carbocycles. The van der Waals surface area contributed by atoms with Crippen LogP contribution in [0.4, 0.5) is 5.69 Å². The number of rotatable bonds is 6. The molecule has 0 aromatic heterocycles. The summed E-state index contributed by atoms with van der Waals surface area (Å²) in [6.45, 7) is 2.33. The quantitative estimate of drug-likeness (QED) is 0.502. The number of nitrogens with zero attached hydrogens (tertiary/aromatic N) is 2. The van der Waals surface area contributed by atoms with E-state index in [0.29, 0.717) is 30.1 Å². The first-order valence-electron chi connectivity index (χ1n) is 9.27. The van der Waals surface area contributed by atoms with Crippen molar-refractivity contribution in [3.8, 4) is 6.07 Å². The van der Waals surface area contributed by atoms with Crippen LogP contribution in [0.2, 0.25) is 0 Å². The first-order chi connectivity index (χ1) is 14.0. The molecule has 2 aromatic carbocycles. The van der Waals surface area contributed by atoms with E-state index in [0.717, 1.165) is 10.0 Å². The fraction of sp³-hybridized carbons (Fsp3) is 0.227. The van der Waals surface area contributed by atoms with Gasteiger partial charge in [-0.1, -0.05) is 64.9 Å². The molecule has 0 unspecified atom stereocenters. The third kappa shape index (κ3) is 4.89. The van der Waals surface area contributed by atoms with E-state index < -0.39 is 5.91 Å². The van der Waals surface area contributed by atoms with Crippen molar-refractivity contribution in [2.24, 2.45) is 0 Å². The molecule has 7 heteroatoms. The number of benzene rings is 2. The number of hydrogen-bond donors (Lipinski definition) is 1. The van der Waals surface area contributed by atoms with Crippen LogP contribution in [-0.4, -0.2) is 23.6 Å². The molecular weight excluding hydrogens is 450 g/mol. The predicted molar refractivity (Wildman–Crippen MR) is 119 cm³/mol. The Labute approximate surface area is 182 Å². The van der Waals surface area contributed by atoms with E-state index in [2.05, 4.69) is 21.2 Å². The normalized spacial score (nSPS) is 17.8. The van der Waals surface area contributed by atoms with Gasteiger partial charge in [0.25, 0.3) is 5.91 Å². The lowest BCUT2D eigenvalue weighted by atomic mass is 10.1. The van der Waals surface area contributed by atoms with E-state index in [1.165, 1.54) is 16.7 Å². The van der Waals surface area contributed by atoms with Crippen LogP contribution >= 0.6 is 27.7 Å². The third-order valence-corrected chi connectivity index (χ3v) is 6.46. The maximum absolute atomic E-state index is 12.9. The Morgan fingerprint density at radius 2 is 1.90 bits per heavy atom. The zero-order valence-electron chi connectivity index (χ0n) is 15.9. The van der Waals surface area contributed by atoms with Crippen molar-refractivity contribution in [3.05, 3.63) is 75.2 Å². The third-order valence-electron chi connectivity index (χ3n) is 4.50. The number of carbonyl (C=O) groups excluding carboxylic acids is 2. The minimum absolute atomic E-state index is 0.0321. The Hall–Kier alpha value is -2.56. The second kappa shape index (κ2) is 9.77. The Morgan fingerprint density at radius 1 is 1.21 bits per heavy atom. The van der Waals surface area contributed by atoms with Crippen molar-refractivity contribution >= 4 is 45.2 Å². The van der Waals surface area contributed by atoms with E-state index in [9.17, 15) is 14.9 Å². The molecule has 3 rings (SSSR count). The van der Waals surface area contributed by atoms with Gasteiger partial charge in [-0.2, -0.15) is 5.26 Å². The monoisotopic (exact) mass is 469 g/mol. The lowest BCUT2D eigenvalue weighted by Crippen LogP contribution is -2.32. The van der Waals surface area contributed by atoms with Crippen molar-refractivity contribution in [2.75, 3.05) is 11.4 Å². The number of carbonyl (C=O) groups is 2. The lowest BCUT2D eigenvalue weighted by Gasteiger charge is -2.18. The van der Waals surface area contributed by atoms with E-state index in [1.807, 2.05) is 55.5 Å². The molecule has 2 aromatic rings. The first kappa shape index (κ1) is 21.2. The molecule has 1 heterocycles. The van der Waals surface area contributed by atoms with Crippen LogP contribution in [0.25, 0.3) is 0 Å². The van der Waals surface area contributed by atoms with Crippen LogP contribution in [0.3, 0.4) is 0 Å². The van der Waals surface area contributed by atoms with Crippen LogP contribution in [-0.2, 0) is 16.0 Å². The van der Waals surface area contributed by atoms with Crippen LogP contribution in [0.15, 0.2) is 69.7 Å². The molecule has 0 bridgehead atoms. The highest BCUT2D eigenvalue weighted by Gasteiger charge is 2.39. The van der Waals surface area contributed by atoms with Crippen molar-refractivity contribution in [2.45, 2.75) is 25.0 Å². The highest BCUT2D eigenvalue weighted by atomic mass is 79.9. The number of nitrogens with one attached hydrogen (secondary N) is 1. The smallest absolute Gasteiger partial charge is 0.264 e. The topological polar surface area (TPSA) is 73.2 Å². The summed E-state index contributed by atoms with van der Waals surface area (Å²) in [5.41, 5.74) is 1.71. The van der Waals surface area contributed by atoms with Gasteiger partial charge in [-0.25, -0.2) is 0 Å². The minimum Gasteiger partial charge on any atom is -0.351 e. The molecule has 0 saturated carbocycles. The average Bonchev–Trinajstić information content (AvgIpc) is 3.06. The fourth-order valence-electron chi connectivity index (χ4n) is 2.99. The van der Waals surface area contributed by atoms with Crippen molar-refractivity contribution < 1.29 is 9.59 Å². The van der Waals surface area contributed by atoms with Gasteiger partial charge in [0.15, 0.2) is 0 Å². The molecule has 1 saturated heterocycles. The van der Waals surface area contributed by atoms with Gasteiger partial charge in [0.05, 0.1) is 5.25 Å². The number of thioether (sulfide) groups is 1. The molecule has 1 aliphatic heterocycles. The minimum atomic E-state index is -0.461. The molecule has 29 heavy (non-hydrogen) atoms. The van der Waals surface area contributed by atoms with Crippen molar-refractivity contribution in [1.29, 1.82) is 5.26 Å². The summed E-state index contributed by atoms with van der Waals surface area (Å²) in [5.74, 6) is -0.572. The number of anilines is 1. The summed E-state index contributed by atoms with van der Waals surface area (Å²) in [6.07, 6.45) is 1.29. The van der Waals surface area contributed by atoms with Gasteiger partial charge in [-0.3, -0.25) is 14.5 Å². The molecule has 5 nitrogen and oxygen atoms in total. The van der Waals surface area contributed by atoms with E-state index in [-0.39, 0.29) is 16.7 Å². The van der Waals surface area contributed by atoms with E-state index >= 15 is 0 Å². The number of hydrogen-bond acceptors (Lipinski definition) is 4. The Balaban J connectivity index is 1.84. The second-order valence-electron chi connectivity index (χ2n) is 6.45. The van der Waals surface area contributed by atoms with Crippen molar-refractivity contribution in [3.63, 3.8) is 0 Å². The lowest BCUT2D eigenvalue weighted by molar-refractivity contribution is -0.117. The summed E-state index contributed by atoms with van der Waals surface area (Å²) in [6, 6.07) is 19.1. The van der Waals surface area contributed by atoms with Crippen LogP contribution in [0.1, 0.15) is 18.9 Å². The van der Waals surface area contributed by atoms with Crippen LogP contribution in [0, 0.1) is 11.3 Å². The maximum atomic E-state index is 12.9. The van der Waals surface area contributed by atoms with E-state index in [4.69, 9.17) is 0 Å². The molecular formula is C22H20BrN3O2S. The van der Waals surface area contributed by atoms with Gasteiger partial charge < -0.3 is 5.32 Å². The summed E-state index contributed by atoms with van der Waals surface area (Å²) in [7, 11) is 0. The Kier molecular flexibility index (Phi) is 7.13. The zero-order chi connectivity index (χ0) is 20.8. The van der Waals surface area contributed by atoms with Crippen LogP contribution in [0.5, 0.6) is 0 Å². The van der Waals surface area contributed by atoms with Gasteiger partial charge in [-0.15, -0.1) is 0 Å². The van der Waals surface area contributed by atoms with Gasteiger partial charge >= 0.3 is 0 Å². The number of halogens is 1. The standard InChI is InChI=1S/C22H20BrN3O2S/c1-2-19-21(28)26(17-10-8-16(23)9-11-17)22(29-19)18(14-24)20(27)25-13-12-15-6-4-3-5-7-15/h3-11,19H,2,12-13H2,1H3,(H,25,27)/b22-18+/t19-/m1/s1. The summed E-state index contributed by atoms with van der Waals surface area (Å²) < 4.78 is 0.886. The largest absolute Gasteiger partial charge is 0.351 e. The van der Waals surface area contributed by atoms with E-state index in [1.54, 1.807) is 12.1 Å². The molecule has 0 spiro atoms. The highest BCUT2D eigenvalue weighted by Crippen LogP contribution is 2.41. The van der Waals surface area contributed by atoms with Crippen molar-refractivity contribution in [1.82, 2.24) is 5.32 Å². The van der Waals surface area contributed by atoms with Crippen LogP contribution < -0.4 is 10.2 Å². The SMILES string of the molecule is CC[C@H]1S/C(=C(\C#N)C(=O)NCCc2ccccc2)N(c2ccc(Br)cc2)C1=O. The fourth-order valence-corrected chi connectivity index (χ4v) is 4.46. The molecule has 1 atom stereocenters.